The fraction of sp³-hybridized carbons (Fsp3) is 0.364. The van der Waals surface area contributed by atoms with Crippen LogP contribution < -0.4 is 10.5 Å². The third kappa shape index (κ3) is 3.04. The molecule has 0 radical (unpaired) electrons. The zero-order valence-electron chi connectivity index (χ0n) is 10.1. The number of hydrogen-bond acceptors (Lipinski definition) is 4. The molecule has 1 aromatic carbocycles. The lowest BCUT2D eigenvalue weighted by Gasteiger charge is -2.24. The van der Waals surface area contributed by atoms with Crippen molar-refractivity contribution in [2.75, 3.05) is 6.54 Å². The molecule has 0 saturated heterocycles. The first kappa shape index (κ1) is 14.6. The van der Waals surface area contributed by atoms with Crippen molar-refractivity contribution in [1.29, 1.82) is 5.26 Å². The molecule has 18 heavy (non-hydrogen) atoms. The molecule has 0 aromatic heterocycles. The Kier molecular flexibility index (Phi) is 4.06. The van der Waals surface area contributed by atoms with Crippen molar-refractivity contribution >= 4 is 10.0 Å². The number of nitriles is 1. The standard InChI is InChI=1S/C11H14FN3O2S/c1-11(2,7-14)15-18(16,17)10-5-3-4-9(12)8(10)6-13/h3-5,15H,7,14H2,1-2H3. The van der Waals surface area contributed by atoms with E-state index in [1.165, 1.54) is 12.1 Å². The van der Waals surface area contributed by atoms with Gasteiger partial charge in [0.15, 0.2) is 0 Å². The Morgan fingerprint density at radius 3 is 2.61 bits per heavy atom. The molecule has 0 atom stereocenters. The van der Waals surface area contributed by atoms with Gasteiger partial charge in [-0.1, -0.05) is 6.07 Å². The van der Waals surface area contributed by atoms with Crippen LogP contribution in [0.3, 0.4) is 0 Å². The largest absolute Gasteiger partial charge is 0.329 e. The van der Waals surface area contributed by atoms with Gasteiger partial charge in [-0.25, -0.2) is 17.5 Å². The summed E-state index contributed by atoms with van der Waals surface area (Å²) in [5, 5.41) is 8.81. The van der Waals surface area contributed by atoms with Gasteiger partial charge < -0.3 is 5.73 Å². The van der Waals surface area contributed by atoms with Crippen LogP contribution in [-0.2, 0) is 10.0 Å². The molecule has 0 unspecified atom stereocenters. The molecule has 5 nitrogen and oxygen atoms in total. The number of nitrogens with zero attached hydrogens (tertiary/aromatic N) is 1. The molecule has 0 aliphatic rings. The van der Waals surface area contributed by atoms with Gasteiger partial charge in [0.2, 0.25) is 10.0 Å². The zero-order valence-corrected chi connectivity index (χ0v) is 10.9. The van der Waals surface area contributed by atoms with E-state index in [0.29, 0.717) is 0 Å². The van der Waals surface area contributed by atoms with Crippen LogP contribution in [0.1, 0.15) is 19.4 Å². The van der Waals surface area contributed by atoms with Crippen molar-refractivity contribution in [1.82, 2.24) is 4.72 Å². The average molecular weight is 271 g/mol. The van der Waals surface area contributed by atoms with E-state index in [-0.39, 0.29) is 11.4 Å². The lowest BCUT2D eigenvalue weighted by atomic mass is 10.1. The smallest absolute Gasteiger partial charge is 0.242 e. The average Bonchev–Trinajstić information content (AvgIpc) is 2.27. The molecular formula is C11H14FN3O2S. The minimum Gasteiger partial charge on any atom is -0.329 e. The van der Waals surface area contributed by atoms with Gasteiger partial charge >= 0.3 is 0 Å². The van der Waals surface area contributed by atoms with Crippen LogP contribution in [0.15, 0.2) is 23.1 Å². The SMILES string of the molecule is CC(C)(CN)NS(=O)(=O)c1cccc(F)c1C#N. The molecule has 7 heteroatoms. The molecule has 0 fully saturated rings. The summed E-state index contributed by atoms with van der Waals surface area (Å²) in [6.45, 7) is 3.26. The minimum atomic E-state index is -3.99. The van der Waals surface area contributed by atoms with E-state index in [2.05, 4.69) is 4.72 Å². The summed E-state index contributed by atoms with van der Waals surface area (Å²) in [6, 6.07) is 5.00. The van der Waals surface area contributed by atoms with E-state index in [0.717, 1.165) is 6.07 Å². The molecule has 0 aliphatic carbocycles. The number of benzene rings is 1. The van der Waals surface area contributed by atoms with E-state index < -0.39 is 26.9 Å². The number of sulfonamides is 1. The molecule has 1 rings (SSSR count). The Morgan fingerprint density at radius 1 is 1.50 bits per heavy atom. The first-order valence-corrected chi connectivity index (χ1v) is 6.64. The summed E-state index contributed by atoms with van der Waals surface area (Å²) in [5.74, 6) is -0.870. The highest BCUT2D eigenvalue weighted by Gasteiger charge is 2.27. The molecule has 0 aliphatic heterocycles. The van der Waals surface area contributed by atoms with Gasteiger partial charge in [-0.2, -0.15) is 5.26 Å². The molecule has 0 saturated carbocycles. The topological polar surface area (TPSA) is 96.0 Å². The van der Waals surface area contributed by atoms with Crippen LogP contribution in [0.2, 0.25) is 0 Å². The summed E-state index contributed by atoms with van der Waals surface area (Å²) < 4.78 is 39.8. The van der Waals surface area contributed by atoms with E-state index in [9.17, 15) is 12.8 Å². The third-order valence-electron chi connectivity index (χ3n) is 2.30. The van der Waals surface area contributed by atoms with Gasteiger partial charge in [0, 0.05) is 12.1 Å². The number of hydrogen-bond donors (Lipinski definition) is 2. The number of nitrogens with one attached hydrogen (secondary N) is 1. The van der Waals surface area contributed by atoms with Crippen LogP contribution in [0, 0.1) is 17.1 Å². The summed E-state index contributed by atoms with van der Waals surface area (Å²) in [6.07, 6.45) is 0. The monoisotopic (exact) mass is 271 g/mol. The highest BCUT2D eigenvalue weighted by Crippen LogP contribution is 2.19. The molecule has 0 spiro atoms. The van der Waals surface area contributed by atoms with E-state index in [1.807, 2.05) is 0 Å². The molecule has 0 heterocycles. The second-order valence-corrected chi connectivity index (χ2v) is 6.07. The van der Waals surface area contributed by atoms with Crippen molar-refractivity contribution in [3.63, 3.8) is 0 Å². The van der Waals surface area contributed by atoms with Crippen LogP contribution in [0.5, 0.6) is 0 Å². The molecular weight excluding hydrogens is 257 g/mol. The van der Waals surface area contributed by atoms with Crippen LogP contribution >= 0.6 is 0 Å². The number of rotatable bonds is 4. The Balaban J connectivity index is 3.31. The zero-order chi connectivity index (χ0) is 14.0. The summed E-state index contributed by atoms with van der Waals surface area (Å²) in [4.78, 5) is -0.383. The van der Waals surface area contributed by atoms with Gasteiger partial charge in [0.1, 0.15) is 22.3 Å². The normalized spacial score (nSPS) is 12.2. The molecule has 0 amide bonds. The van der Waals surface area contributed by atoms with Crippen molar-refractivity contribution in [3.8, 4) is 6.07 Å². The predicted octanol–water partition coefficient (Wildman–Crippen LogP) is 0.713. The predicted molar refractivity (Wildman–Crippen MR) is 64.6 cm³/mol. The highest BCUT2D eigenvalue weighted by atomic mass is 32.2. The van der Waals surface area contributed by atoms with Crippen molar-refractivity contribution in [2.24, 2.45) is 5.73 Å². The maximum atomic E-state index is 13.4. The van der Waals surface area contributed by atoms with Gasteiger partial charge in [-0.15, -0.1) is 0 Å². The van der Waals surface area contributed by atoms with Gasteiger partial charge in [0.25, 0.3) is 0 Å². The Bertz CT molecular complexity index is 591. The Labute approximate surface area is 105 Å². The van der Waals surface area contributed by atoms with Crippen LogP contribution in [-0.4, -0.2) is 20.5 Å². The molecule has 0 bridgehead atoms. The van der Waals surface area contributed by atoms with Crippen LogP contribution in [0.25, 0.3) is 0 Å². The first-order valence-electron chi connectivity index (χ1n) is 5.16. The lowest BCUT2D eigenvalue weighted by molar-refractivity contribution is 0.462. The second-order valence-electron chi connectivity index (χ2n) is 4.42. The summed E-state index contributed by atoms with van der Waals surface area (Å²) >= 11 is 0. The van der Waals surface area contributed by atoms with E-state index in [1.54, 1.807) is 19.9 Å². The molecule has 98 valence electrons. The number of nitrogens with two attached hydrogens (primary N) is 1. The summed E-state index contributed by atoms with van der Waals surface area (Å²) in [5.41, 5.74) is 4.05. The van der Waals surface area contributed by atoms with Crippen molar-refractivity contribution in [2.45, 2.75) is 24.3 Å². The maximum absolute atomic E-state index is 13.4. The van der Waals surface area contributed by atoms with Crippen molar-refractivity contribution < 1.29 is 12.8 Å². The quantitative estimate of drug-likeness (QED) is 0.843. The Hall–Kier alpha value is -1.49. The lowest BCUT2D eigenvalue weighted by Crippen LogP contribution is -2.48. The van der Waals surface area contributed by atoms with Crippen molar-refractivity contribution in [3.05, 3.63) is 29.6 Å². The fourth-order valence-electron chi connectivity index (χ4n) is 1.30. The first-order chi connectivity index (χ1) is 8.23. The molecule has 3 N–H and O–H groups in total. The minimum absolute atomic E-state index is 0.0728. The highest BCUT2D eigenvalue weighted by molar-refractivity contribution is 7.89. The molecule has 1 aromatic rings. The number of halogens is 1. The summed E-state index contributed by atoms with van der Waals surface area (Å²) in [7, 11) is -3.99. The third-order valence-corrected chi connectivity index (χ3v) is 4.04. The maximum Gasteiger partial charge on any atom is 0.242 e. The Morgan fingerprint density at radius 2 is 2.11 bits per heavy atom. The second kappa shape index (κ2) is 5.02. The van der Waals surface area contributed by atoms with Gasteiger partial charge in [-0.3, -0.25) is 0 Å². The van der Waals surface area contributed by atoms with Gasteiger partial charge in [0.05, 0.1) is 0 Å². The van der Waals surface area contributed by atoms with Gasteiger partial charge in [-0.05, 0) is 26.0 Å². The van der Waals surface area contributed by atoms with Crippen LogP contribution in [0.4, 0.5) is 4.39 Å². The van der Waals surface area contributed by atoms with E-state index >= 15 is 0 Å². The fourth-order valence-corrected chi connectivity index (χ4v) is 2.89. The van der Waals surface area contributed by atoms with E-state index in [4.69, 9.17) is 11.0 Å².